The van der Waals surface area contributed by atoms with E-state index in [1.165, 1.54) is 39.0 Å². The maximum absolute atomic E-state index is 6.47. The van der Waals surface area contributed by atoms with E-state index in [1.54, 1.807) is 6.33 Å². The van der Waals surface area contributed by atoms with E-state index in [9.17, 15) is 0 Å². The van der Waals surface area contributed by atoms with Gasteiger partial charge in [0.05, 0.1) is 16.4 Å². The van der Waals surface area contributed by atoms with Crippen LogP contribution in [0.2, 0.25) is 5.02 Å². The number of aryl methyl sites for hydroxylation is 2. The van der Waals surface area contributed by atoms with Gasteiger partial charge in [0.25, 0.3) is 0 Å². The first-order valence-electron chi connectivity index (χ1n) is 14.9. The first-order chi connectivity index (χ1) is 20.4. The monoisotopic (exact) mass is 583 g/mol. The molecule has 7 rings (SSSR count). The van der Waals surface area contributed by atoms with Crippen molar-refractivity contribution >= 4 is 51.1 Å². The van der Waals surface area contributed by atoms with Crippen molar-refractivity contribution < 1.29 is 0 Å². The third-order valence-electron chi connectivity index (χ3n) is 9.44. The number of nitrogens with zero attached hydrogens (tertiary/aromatic N) is 7. The minimum absolute atomic E-state index is 0.412. The first-order valence-corrected chi connectivity index (χ1v) is 15.3. The molecule has 3 aromatic heterocycles. The van der Waals surface area contributed by atoms with Crippen LogP contribution in [0.5, 0.6) is 0 Å². The minimum atomic E-state index is 0.412. The average Bonchev–Trinajstić information content (AvgIpc) is 3.55. The van der Waals surface area contributed by atoms with Crippen molar-refractivity contribution in [2.45, 2.75) is 44.7 Å². The number of nitrogens with two attached hydrogens (primary N) is 1. The molecule has 2 fully saturated rings. The summed E-state index contributed by atoms with van der Waals surface area (Å²) in [5.74, 6) is 1.29. The van der Waals surface area contributed by atoms with Gasteiger partial charge in [-0.15, -0.1) is 0 Å². The molecule has 0 radical (unpaired) electrons. The van der Waals surface area contributed by atoms with Crippen LogP contribution in [0.4, 0.5) is 17.5 Å². The Bertz CT molecular complexity index is 1740. The van der Waals surface area contributed by atoms with Crippen molar-refractivity contribution in [1.82, 2.24) is 33.9 Å². The second-order valence-electron chi connectivity index (χ2n) is 11.9. The van der Waals surface area contributed by atoms with Gasteiger partial charge in [0.1, 0.15) is 17.8 Å². The molecule has 1 aliphatic heterocycles. The molecule has 0 unspecified atom stereocenters. The summed E-state index contributed by atoms with van der Waals surface area (Å²) in [6, 6.07) is 13.4. The van der Waals surface area contributed by atoms with E-state index >= 15 is 0 Å². The summed E-state index contributed by atoms with van der Waals surface area (Å²) in [5, 5.41) is 5.13. The number of imidazole rings is 1. The van der Waals surface area contributed by atoms with Crippen LogP contribution in [-0.2, 0) is 7.05 Å². The van der Waals surface area contributed by atoms with Crippen molar-refractivity contribution in [3.05, 3.63) is 59.5 Å². The van der Waals surface area contributed by atoms with Gasteiger partial charge in [-0.1, -0.05) is 23.7 Å². The second-order valence-corrected chi connectivity index (χ2v) is 12.4. The number of halogens is 1. The summed E-state index contributed by atoms with van der Waals surface area (Å²) in [6.07, 6.45) is 8.57. The van der Waals surface area contributed by atoms with Crippen LogP contribution >= 0.6 is 11.6 Å². The van der Waals surface area contributed by atoms with Gasteiger partial charge in [-0.3, -0.25) is 4.90 Å². The van der Waals surface area contributed by atoms with E-state index in [0.29, 0.717) is 17.9 Å². The third-order valence-corrected chi connectivity index (χ3v) is 9.85. The van der Waals surface area contributed by atoms with Crippen LogP contribution in [0.3, 0.4) is 0 Å². The summed E-state index contributed by atoms with van der Waals surface area (Å²) in [4.78, 5) is 19.0. The molecule has 42 heavy (non-hydrogen) atoms. The molecule has 2 aromatic carbocycles. The summed E-state index contributed by atoms with van der Waals surface area (Å²) < 4.78 is 4.42. The maximum Gasteiger partial charge on any atom is 0.208 e. The van der Waals surface area contributed by atoms with Gasteiger partial charge in [0.2, 0.25) is 5.95 Å². The highest BCUT2D eigenvalue weighted by Gasteiger charge is 2.30. The Morgan fingerprint density at radius 3 is 2.36 bits per heavy atom. The Labute approximate surface area is 251 Å². The van der Waals surface area contributed by atoms with Crippen molar-refractivity contribution in [3.63, 3.8) is 0 Å². The van der Waals surface area contributed by atoms with Gasteiger partial charge in [0, 0.05) is 67.8 Å². The normalized spacial score (nSPS) is 20.5. The van der Waals surface area contributed by atoms with E-state index in [0.717, 1.165) is 68.3 Å². The van der Waals surface area contributed by atoms with Crippen LogP contribution in [0.1, 0.15) is 37.3 Å². The SMILES string of the molecule is Cc1c(Cl)ccc2c1nc(Nc1ccc(-c3cn([C@H]4CC[C@@H](N5CCN(C)CC5)CC4)c4ncnc(N)c34)cc1)n2C. The number of hydrogen-bond acceptors (Lipinski definition) is 7. The Hall–Kier alpha value is -3.66. The molecule has 1 saturated carbocycles. The third kappa shape index (κ3) is 4.79. The maximum atomic E-state index is 6.47. The van der Waals surface area contributed by atoms with E-state index in [2.05, 4.69) is 66.7 Å². The molecule has 9 nitrogen and oxygen atoms in total. The molecule has 0 atom stereocenters. The van der Waals surface area contributed by atoms with Crippen molar-refractivity contribution in [2.75, 3.05) is 44.3 Å². The number of aromatic nitrogens is 5. The molecule has 5 aromatic rings. The molecule has 10 heteroatoms. The lowest BCUT2D eigenvalue weighted by Gasteiger charge is -2.41. The standard InChI is InChI=1S/C32H38ClN9/c1-20-26(33)12-13-27-29(20)38-32(40(27)3)37-22-6-4-21(5-7-22)25-18-42(31-28(25)30(34)35-19-36-31)24-10-8-23(9-11-24)41-16-14-39(2)15-17-41/h4-7,12-13,18-19,23-24H,8-11,14-17H2,1-3H3,(H,37,38)(H2,34,35,36)/t23-,24+. The molecule has 0 bridgehead atoms. The van der Waals surface area contributed by atoms with E-state index < -0.39 is 0 Å². The number of fused-ring (bicyclic) bond motifs is 2. The van der Waals surface area contributed by atoms with Crippen LogP contribution < -0.4 is 11.1 Å². The van der Waals surface area contributed by atoms with Crippen molar-refractivity contribution in [1.29, 1.82) is 0 Å². The van der Waals surface area contributed by atoms with Crippen LogP contribution in [-0.4, -0.2) is 73.2 Å². The van der Waals surface area contributed by atoms with Gasteiger partial charge in [-0.2, -0.15) is 0 Å². The second kappa shape index (κ2) is 10.9. The number of hydrogen-bond donors (Lipinski definition) is 2. The Kier molecular flexibility index (Phi) is 7.04. The highest BCUT2D eigenvalue weighted by molar-refractivity contribution is 6.32. The summed E-state index contributed by atoms with van der Waals surface area (Å²) >= 11 is 6.34. The number of nitrogens with one attached hydrogen (secondary N) is 1. The molecule has 1 aliphatic carbocycles. The van der Waals surface area contributed by atoms with E-state index in [4.69, 9.17) is 27.3 Å². The fourth-order valence-corrected chi connectivity index (χ4v) is 6.99. The number of benzene rings is 2. The molecule has 0 spiro atoms. The van der Waals surface area contributed by atoms with Crippen LogP contribution in [0.25, 0.3) is 33.2 Å². The zero-order valence-corrected chi connectivity index (χ0v) is 25.3. The fraction of sp³-hybridized carbons (Fsp3) is 0.406. The average molecular weight is 584 g/mol. The minimum Gasteiger partial charge on any atom is -0.383 e. The molecule has 218 valence electrons. The zero-order chi connectivity index (χ0) is 29.0. The predicted molar refractivity (Wildman–Crippen MR) is 171 cm³/mol. The molecular formula is C32H38ClN9. The Balaban J connectivity index is 1.13. The van der Waals surface area contributed by atoms with Gasteiger partial charge < -0.3 is 25.1 Å². The number of anilines is 3. The van der Waals surface area contributed by atoms with E-state index in [1.807, 2.05) is 26.1 Å². The lowest BCUT2D eigenvalue weighted by Crippen LogP contribution is -2.49. The number of rotatable bonds is 5. The lowest BCUT2D eigenvalue weighted by atomic mass is 9.89. The Morgan fingerprint density at radius 1 is 0.905 bits per heavy atom. The highest BCUT2D eigenvalue weighted by atomic mass is 35.5. The smallest absolute Gasteiger partial charge is 0.208 e. The molecule has 3 N–H and O–H groups in total. The van der Waals surface area contributed by atoms with Gasteiger partial charge >= 0.3 is 0 Å². The van der Waals surface area contributed by atoms with Crippen LogP contribution in [0.15, 0.2) is 48.9 Å². The predicted octanol–water partition coefficient (Wildman–Crippen LogP) is 6.00. The number of nitrogen functional groups attached to an aromatic ring is 1. The van der Waals surface area contributed by atoms with Gasteiger partial charge in [-0.05, 0) is 75.0 Å². The quantitative estimate of drug-likeness (QED) is 0.262. The number of likely N-dealkylation sites (N-methyl/N-ethyl adjacent to an activating group) is 1. The largest absolute Gasteiger partial charge is 0.383 e. The summed E-state index contributed by atoms with van der Waals surface area (Å²) in [6.45, 7) is 6.70. The van der Waals surface area contributed by atoms with Gasteiger partial charge in [-0.25, -0.2) is 15.0 Å². The molecule has 2 aliphatic rings. The molecule has 0 amide bonds. The Morgan fingerprint density at radius 2 is 1.62 bits per heavy atom. The highest BCUT2D eigenvalue weighted by Crippen LogP contribution is 2.39. The fourth-order valence-electron chi connectivity index (χ4n) is 6.84. The zero-order valence-electron chi connectivity index (χ0n) is 24.5. The summed E-state index contributed by atoms with van der Waals surface area (Å²) in [7, 11) is 4.23. The number of piperazine rings is 1. The van der Waals surface area contributed by atoms with Crippen molar-refractivity contribution in [3.8, 4) is 11.1 Å². The summed E-state index contributed by atoms with van der Waals surface area (Å²) in [5.41, 5.74) is 13.4. The molecule has 4 heterocycles. The van der Waals surface area contributed by atoms with Gasteiger partial charge in [0.15, 0.2) is 0 Å². The molecular weight excluding hydrogens is 546 g/mol. The topological polar surface area (TPSA) is 93.1 Å². The molecule has 1 saturated heterocycles. The first kappa shape index (κ1) is 27.2. The van der Waals surface area contributed by atoms with E-state index in [-0.39, 0.29) is 0 Å². The van der Waals surface area contributed by atoms with Crippen molar-refractivity contribution in [2.24, 2.45) is 7.05 Å². The van der Waals surface area contributed by atoms with Crippen LogP contribution in [0, 0.1) is 6.92 Å². The lowest BCUT2D eigenvalue weighted by molar-refractivity contribution is 0.0828.